The number of hydrogen-bond donors (Lipinski definition) is 1. The van der Waals surface area contributed by atoms with E-state index in [2.05, 4.69) is 27.1 Å². The van der Waals surface area contributed by atoms with Gasteiger partial charge >= 0.3 is 0 Å². The summed E-state index contributed by atoms with van der Waals surface area (Å²) in [7, 11) is 0. The molecule has 2 aromatic rings. The molecule has 0 spiro atoms. The van der Waals surface area contributed by atoms with Crippen molar-refractivity contribution in [2.75, 3.05) is 0 Å². The fraction of sp³-hybridized carbons (Fsp3) is 0.286. The van der Waals surface area contributed by atoms with Gasteiger partial charge in [-0.05, 0) is 35.3 Å². The van der Waals surface area contributed by atoms with E-state index in [0.717, 1.165) is 16.7 Å². The topological polar surface area (TPSA) is 61.8 Å². The molecule has 0 saturated carbocycles. The molecule has 1 aromatic heterocycles. The quantitative estimate of drug-likeness (QED) is 0.946. The zero-order chi connectivity index (χ0) is 14.0. The van der Waals surface area contributed by atoms with Crippen LogP contribution < -0.4 is 0 Å². The second-order valence-corrected chi connectivity index (χ2v) is 5.45. The predicted molar refractivity (Wildman–Crippen MR) is 75.5 cm³/mol. The molecule has 0 fully saturated rings. The summed E-state index contributed by atoms with van der Waals surface area (Å²) in [5.74, 6) is 0. The lowest BCUT2D eigenvalue weighted by molar-refractivity contribution is 0.151. The Morgan fingerprint density at radius 3 is 2.53 bits per heavy atom. The zero-order valence-corrected chi connectivity index (χ0v) is 12.3. The van der Waals surface area contributed by atoms with Gasteiger partial charge in [0.25, 0.3) is 0 Å². The second-order valence-electron chi connectivity index (χ2n) is 4.60. The highest BCUT2D eigenvalue weighted by atomic mass is 79.9. The summed E-state index contributed by atoms with van der Waals surface area (Å²) in [6.07, 6.45) is 1.06. The third-order valence-corrected chi connectivity index (χ3v) is 3.39. The summed E-state index contributed by atoms with van der Waals surface area (Å²) in [6.45, 7) is 4.33. The van der Waals surface area contributed by atoms with Crippen LogP contribution in [-0.2, 0) is 6.54 Å². The summed E-state index contributed by atoms with van der Waals surface area (Å²) >= 11 is 3.26. The largest absolute Gasteiger partial charge is 0.386 e. The Morgan fingerprint density at radius 1 is 1.37 bits per heavy atom. The molecule has 2 rings (SSSR count). The van der Waals surface area contributed by atoms with Crippen molar-refractivity contribution in [1.29, 1.82) is 5.26 Å². The smallest absolute Gasteiger partial charge is 0.176 e. The molecule has 19 heavy (non-hydrogen) atoms. The highest BCUT2D eigenvalue weighted by Crippen LogP contribution is 2.20. The number of aryl methyl sites for hydroxylation is 2. The minimum Gasteiger partial charge on any atom is -0.386 e. The molecule has 1 aromatic carbocycles. The average Bonchev–Trinajstić information content (AvgIpc) is 2.68. The summed E-state index contributed by atoms with van der Waals surface area (Å²) in [5.41, 5.74) is 3.43. The fourth-order valence-corrected chi connectivity index (χ4v) is 2.46. The maximum atomic E-state index is 10.2. The summed E-state index contributed by atoms with van der Waals surface area (Å²) in [5, 5.41) is 23.2. The van der Waals surface area contributed by atoms with Crippen LogP contribution in [0.4, 0.5) is 0 Å². The number of aliphatic hydroxyl groups excluding tert-OH is 1. The van der Waals surface area contributed by atoms with E-state index < -0.39 is 6.10 Å². The summed E-state index contributed by atoms with van der Waals surface area (Å²) in [4.78, 5) is 0. The molecule has 0 aliphatic carbocycles. The second kappa shape index (κ2) is 5.55. The molecule has 4 nitrogen and oxygen atoms in total. The van der Waals surface area contributed by atoms with E-state index in [1.54, 1.807) is 10.9 Å². The van der Waals surface area contributed by atoms with Gasteiger partial charge in [0.15, 0.2) is 5.69 Å². The standard InChI is InChI=1S/C14H14BrN3O/c1-9-3-10(2)5-11(4-9)14(19)8-18-7-12(15)13(6-16)17-18/h3-5,7,14,19H,8H2,1-2H3. The van der Waals surface area contributed by atoms with Crippen molar-refractivity contribution in [3.8, 4) is 6.07 Å². The lowest BCUT2D eigenvalue weighted by Crippen LogP contribution is -2.09. The predicted octanol–water partition coefficient (Wildman–Crippen LogP) is 2.87. The van der Waals surface area contributed by atoms with E-state index in [1.165, 1.54) is 0 Å². The minimum absolute atomic E-state index is 0.323. The van der Waals surface area contributed by atoms with E-state index in [-0.39, 0.29) is 0 Å². The molecule has 5 heteroatoms. The summed E-state index contributed by atoms with van der Waals surface area (Å²) < 4.78 is 2.22. The molecule has 1 N–H and O–H groups in total. The fourth-order valence-electron chi connectivity index (χ4n) is 2.05. The van der Waals surface area contributed by atoms with Gasteiger partial charge in [-0.25, -0.2) is 0 Å². The number of aromatic nitrogens is 2. The number of hydrogen-bond acceptors (Lipinski definition) is 3. The molecule has 1 atom stereocenters. The third-order valence-electron chi connectivity index (χ3n) is 2.81. The first-order valence-corrected chi connectivity index (χ1v) is 6.68. The van der Waals surface area contributed by atoms with Crippen molar-refractivity contribution in [1.82, 2.24) is 9.78 Å². The van der Waals surface area contributed by atoms with Crippen LogP contribution in [0.1, 0.15) is 28.5 Å². The number of nitrogens with zero attached hydrogens (tertiary/aromatic N) is 3. The van der Waals surface area contributed by atoms with Gasteiger partial charge in [-0.3, -0.25) is 4.68 Å². The molecule has 0 amide bonds. The Hall–Kier alpha value is -1.64. The molecule has 0 bridgehead atoms. The van der Waals surface area contributed by atoms with Crippen molar-refractivity contribution in [2.24, 2.45) is 0 Å². The first-order chi connectivity index (χ1) is 8.99. The number of aliphatic hydroxyl groups is 1. The number of rotatable bonds is 3. The van der Waals surface area contributed by atoms with E-state index in [0.29, 0.717) is 16.7 Å². The molecule has 1 unspecified atom stereocenters. The van der Waals surface area contributed by atoms with E-state index >= 15 is 0 Å². The van der Waals surface area contributed by atoms with Crippen LogP contribution in [-0.4, -0.2) is 14.9 Å². The van der Waals surface area contributed by atoms with Gasteiger partial charge in [-0.15, -0.1) is 0 Å². The monoisotopic (exact) mass is 319 g/mol. The summed E-state index contributed by atoms with van der Waals surface area (Å²) in [6, 6.07) is 7.97. The van der Waals surface area contributed by atoms with Gasteiger partial charge < -0.3 is 5.11 Å². The zero-order valence-electron chi connectivity index (χ0n) is 10.8. The Balaban J connectivity index is 2.20. The normalized spacial score (nSPS) is 12.2. The van der Waals surface area contributed by atoms with E-state index in [1.807, 2.05) is 32.0 Å². The molecule has 98 valence electrons. The van der Waals surface area contributed by atoms with Gasteiger partial charge in [0, 0.05) is 6.20 Å². The van der Waals surface area contributed by atoms with Gasteiger partial charge in [0.2, 0.25) is 0 Å². The molecule has 0 radical (unpaired) electrons. The minimum atomic E-state index is -0.642. The lowest BCUT2D eigenvalue weighted by Gasteiger charge is -2.12. The van der Waals surface area contributed by atoms with Gasteiger partial charge in [0.05, 0.1) is 17.1 Å². The highest BCUT2D eigenvalue weighted by Gasteiger charge is 2.12. The van der Waals surface area contributed by atoms with E-state index in [9.17, 15) is 5.11 Å². The molecule has 1 heterocycles. The van der Waals surface area contributed by atoms with Crippen LogP contribution in [0.5, 0.6) is 0 Å². The maximum Gasteiger partial charge on any atom is 0.176 e. The molecule has 0 saturated heterocycles. The number of nitriles is 1. The molecular formula is C14H14BrN3O. The maximum absolute atomic E-state index is 10.2. The van der Waals surface area contributed by atoms with E-state index in [4.69, 9.17) is 5.26 Å². The van der Waals surface area contributed by atoms with Crippen LogP contribution in [0.25, 0.3) is 0 Å². The van der Waals surface area contributed by atoms with Gasteiger partial charge in [0.1, 0.15) is 6.07 Å². The molecular weight excluding hydrogens is 306 g/mol. The molecule has 0 aliphatic rings. The Kier molecular flexibility index (Phi) is 4.03. The lowest BCUT2D eigenvalue weighted by atomic mass is 10.0. The Bertz CT molecular complexity index is 622. The SMILES string of the molecule is Cc1cc(C)cc(C(O)Cn2cc(Br)c(C#N)n2)c1. The van der Waals surface area contributed by atoms with Crippen LogP contribution in [0.3, 0.4) is 0 Å². The first kappa shape index (κ1) is 13.8. The number of benzene rings is 1. The van der Waals surface area contributed by atoms with Crippen molar-refractivity contribution < 1.29 is 5.11 Å². The van der Waals surface area contributed by atoms with Crippen molar-refractivity contribution in [3.63, 3.8) is 0 Å². The van der Waals surface area contributed by atoms with Gasteiger partial charge in [-0.1, -0.05) is 29.3 Å². The van der Waals surface area contributed by atoms with Crippen LogP contribution >= 0.6 is 15.9 Å². The molecule has 0 aliphatic heterocycles. The number of halogens is 1. The average molecular weight is 320 g/mol. The van der Waals surface area contributed by atoms with Crippen molar-refractivity contribution in [2.45, 2.75) is 26.5 Å². The Labute approximate surface area is 120 Å². The first-order valence-electron chi connectivity index (χ1n) is 5.89. The third kappa shape index (κ3) is 3.22. The van der Waals surface area contributed by atoms with Crippen molar-refractivity contribution >= 4 is 15.9 Å². The highest BCUT2D eigenvalue weighted by molar-refractivity contribution is 9.10. The van der Waals surface area contributed by atoms with Gasteiger partial charge in [-0.2, -0.15) is 10.4 Å². The van der Waals surface area contributed by atoms with Crippen LogP contribution in [0.15, 0.2) is 28.9 Å². The van der Waals surface area contributed by atoms with Crippen LogP contribution in [0.2, 0.25) is 0 Å². The van der Waals surface area contributed by atoms with Crippen LogP contribution in [0, 0.1) is 25.2 Å². The Morgan fingerprint density at radius 2 is 2.00 bits per heavy atom. The van der Waals surface area contributed by atoms with Crippen molar-refractivity contribution in [3.05, 3.63) is 51.3 Å².